The van der Waals surface area contributed by atoms with Gasteiger partial charge in [-0.15, -0.1) is 0 Å². The first-order valence-corrected chi connectivity index (χ1v) is 6.33. The summed E-state index contributed by atoms with van der Waals surface area (Å²) in [4.78, 5) is 0. The van der Waals surface area contributed by atoms with Crippen molar-refractivity contribution in [1.82, 2.24) is 0 Å². The smallest absolute Gasteiger partial charge is 0.124 e. The first-order valence-electron chi connectivity index (χ1n) is 6.33. The second-order valence-electron chi connectivity index (χ2n) is 4.93. The minimum absolute atomic E-state index is 0.0670. The minimum Gasteiger partial charge on any atom is -0.493 e. The molecule has 92 valence electrons. The number of hydrogen-bond acceptors (Lipinski definition) is 2. The van der Waals surface area contributed by atoms with E-state index in [-0.39, 0.29) is 6.04 Å². The molecule has 0 aliphatic carbocycles. The number of hydrogen-bond donors (Lipinski definition) is 1. The molecule has 1 aliphatic heterocycles. The predicted octanol–water partition coefficient (Wildman–Crippen LogP) is 3.38. The van der Waals surface area contributed by atoms with Gasteiger partial charge in [0.15, 0.2) is 0 Å². The average molecular weight is 239 g/mol. The number of benzene rings is 2. The zero-order valence-electron chi connectivity index (χ0n) is 10.5. The van der Waals surface area contributed by atoms with Gasteiger partial charge < -0.3 is 10.5 Å². The van der Waals surface area contributed by atoms with Crippen molar-refractivity contribution in [1.29, 1.82) is 0 Å². The van der Waals surface area contributed by atoms with Crippen molar-refractivity contribution in [3.05, 3.63) is 54.1 Å². The summed E-state index contributed by atoms with van der Waals surface area (Å²) in [5.41, 5.74) is 9.79. The van der Waals surface area contributed by atoms with E-state index in [0.29, 0.717) is 12.5 Å². The maximum absolute atomic E-state index is 6.26. The molecule has 0 saturated carbocycles. The van der Waals surface area contributed by atoms with Gasteiger partial charge in [0.2, 0.25) is 0 Å². The van der Waals surface area contributed by atoms with E-state index in [0.717, 1.165) is 11.3 Å². The fourth-order valence-electron chi connectivity index (χ4n) is 2.38. The molecule has 2 unspecified atom stereocenters. The van der Waals surface area contributed by atoms with Crippen molar-refractivity contribution in [3.63, 3.8) is 0 Å². The Morgan fingerprint density at radius 3 is 2.61 bits per heavy atom. The van der Waals surface area contributed by atoms with Gasteiger partial charge in [-0.25, -0.2) is 0 Å². The van der Waals surface area contributed by atoms with Gasteiger partial charge in [-0.05, 0) is 23.3 Å². The van der Waals surface area contributed by atoms with Crippen LogP contribution in [0, 0.1) is 5.92 Å². The van der Waals surface area contributed by atoms with Crippen molar-refractivity contribution in [2.75, 3.05) is 6.61 Å². The predicted molar refractivity (Wildman–Crippen MR) is 73.5 cm³/mol. The molecule has 18 heavy (non-hydrogen) atoms. The maximum atomic E-state index is 6.26. The van der Waals surface area contributed by atoms with Crippen LogP contribution in [-0.4, -0.2) is 6.61 Å². The van der Waals surface area contributed by atoms with Crippen LogP contribution in [0.2, 0.25) is 0 Å². The summed E-state index contributed by atoms with van der Waals surface area (Å²) in [5, 5.41) is 0. The van der Waals surface area contributed by atoms with Crippen LogP contribution in [0.25, 0.3) is 11.1 Å². The average Bonchev–Trinajstić information content (AvgIpc) is 2.44. The van der Waals surface area contributed by atoms with Gasteiger partial charge in [0.25, 0.3) is 0 Å². The Morgan fingerprint density at radius 1 is 1.06 bits per heavy atom. The molecule has 2 heteroatoms. The lowest BCUT2D eigenvalue weighted by atomic mass is 9.90. The molecule has 3 rings (SSSR count). The molecule has 0 fully saturated rings. The summed E-state index contributed by atoms with van der Waals surface area (Å²) in [6.07, 6.45) is 0. The molecule has 0 aromatic heterocycles. The zero-order chi connectivity index (χ0) is 12.5. The third-order valence-electron chi connectivity index (χ3n) is 3.59. The molecule has 2 aromatic rings. The maximum Gasteiger partial charge on any atom is 0.124 e. The molecule has 0 radical (unpaired) electrons. The molecular weight excluding hydrogens is 222 g/mol. The molecule has 2 N–H and O–H groups in total. The van der Waals surface area contributed by atoms with Crippen molar-refractivity contribution in [3.8, 4) is 16.9 Å². The molecule has 1 aliphatic rings. The fourth-order valence-corrected chi connectivity index (χ4v) is 2.38. The van der Waals surface area contributed by atoms with Gasteiger partial charge in [0, 0.05) is 17.5 Å². The first-order chi connectivity index (χ1) is 8.75. The molecule has 0 saturated heterocycles. The van der Waals surface area contributed by atoms with Gasteiger partial charge in [0.1, 0.15) is 5.75 Å². The Bertz CT molecular complexity index is 550. The summed E-state index contributed by atoms with van der Waals surface area (Å²) in [6.45, 7) is 2.83. The van der Waals surface area contributed by atoms with E-state index in [9.17, 15) is 0 Å². The Kier molecular flexibility index (Phi) is 2.80. The summed E-state index contributed by atoms with van der Waals surface area (Å²) in [6, 6.07) is 16.7. The third-order valence-corrected chi connectivity index (χ3v) is 3.59. The number of fused-ring (bicyclic) bond motifs is 1. The van der Waals surface area contributed by atoms with Crippen molar-refractivity contribution < 1.29 is 4.74 Å². The molecule has 0 bridgehead atoms. The molecule has 2 nitrogen and oxygen atoms in total. The minimum atomic E-state index is 0.0670. The molecule has 2 aromatic carbocycles. The van der Waals surface area contributed by atoms with Gasteiger partial charge in [-0.2, -0.15) is 0 Å². The standard InChI is InChI=1S/C16H17NO/c1-11-10-18-15-8-7-13(9-14(15)16(11)17)12-5-3-2-4-6-12/h2-9,11,16H,10,17H2,1H3. The largest absolute Gasteiger partial charge is 0.493 e. The van der Waals surface area contributed by atoms with Crippen LogP contribution in [0.4, 0.5) is 0 Å². The van der Waals surface area contributed by atoms with Crippen LogP contribution in [0.1, 0.15) is 18.5 Å². The molecule has 0 spiro atoms. The van der Waals surface area contributed by atoms with E-state index in [1.165, 1.54) is 11.1 Å². The molecule has 1 heterocycles. The summed E-state index contributed by atoms with van der Waals surface area (Å²) in [7, 11) is 0. The lowest BCUT2D eigenvalue weighted by Gasteiger charge is -2.29. The van der Waals surface area contributed by atoms with Gasteiger partial charge in [0.05, 0.1) is 6.61 Å². The highest BCUT2D eigenvalue weighted by molar-refractivity contribution is 5.66. The third kappa shape index (κ3) is 1.89. The number of nitrogens with two attached hydrogens (primary N) is 1. The Hall–Kier alpha value is -1.80. The molecule has 0 amide bonds. The van der Waals surface area contributed by atoms with Crippen molar-refractivity contribution >= 4 is 0 Å². The normalized spacial score (nSPS) is 22.1. The van der Waals surface area contributed by atoms with Crippen molar-refractivity contribution in [2.24, 2.45) is 11.7 Å². The number of rotatable bonds is 1. The highest BCUT2D eigenvalue weighted by Gasteiger charge is 2.24. The summed E-state index contributed by atoms with van der Waals surface area (Å²) >= 11 is 0. The monoisotopic (exact) mass is 239 g/mol. The SMILES string of the molecule is CC1COc2ccc(-c3ccccc3)cc2C1N. The zero-order valence-corrected chi connectivity index (χ0v) is 10.5. The molecule has 2 atom stereocenters. The van der Waals surface area contributed by atoms with E-state index >= 15 is 0 Å². The van der Waals surface area contributed by atoms with Crippen molar-refractivity contribution in [2.45, 2.75) is 13.0 Å². The van der Waals surface area contributed by atoms with E-state index in [2.05, 4.69) is 31.2 Å². The van der Waals surface area contributed by atoms with E-state index in [1.807, 2.05) is 24.3 Å². The van der Waals surface area contributed by atoms with Crippen LogP contribution in [0.5, 0.6) is 5.75 Å². The highest BCUT2D eigenvalue weighted by Crippen LogP contribution is 2.36. The lowest BCUT2D eigenvalue weighted by Crippen LogP contribution is -2.29. The van der Waals surface area contributed by atoms with Crippen LogP contribution in [0.3, 0.4) is 0 Å². The molecular formula is C16H17NO. The topological polar surface area (TPSA) is 35.2 Å². The van der Waals surface area contributed by atoms with Gasteiger partial charge in [-0.3, -0.25) is 0 Å². The summed E-state index contributed by atoms with van der Waals surface area (Å²) < 4.78 is 5.72. The first kappa shape index (κ1) is 11.3. The van der Waals surface area contributed by atoms with E-state index in [1.54, 1.807) is 0 Å². The van der Waals surface area contributed by atoms with Crippen LogP contribution < -0.4 is 10.5 Å². The quantitative estimate of drug-likeness (QED) is 0.828. The lowest BCUT2D eigenvalue weighted by molar-refractivity contribution is 0.207. The second-order valence-corrected chi connectivity index (χ2v) is 4.93. The summed E-state index contributed by atoms with van der Waals surface area (Å²) in [5.74, 6) is 1.30. The van der Waals surface area contributed by atoms with E-state index in [4.69, 9.17) is 10.5 Å². The van der Waals surface area contributed by atoms with Crippen LogP contribution in [-0.2, 0) is 0 Å². The Balaban J connectivity index is 2.05. The second kappa shape index (κ2) is 4.46. The van der Waals surface area contributed by atoms with Crippen LogP contribution >= 0.6 is 0 Å². The van der Waals surface area contributed by atoms with Gasteiger partial charge in [-0.1, -0.05) is 43.3 Å². The fraction of sp³-hybridized carbons (Fsp3) is 0.250. The number of ether oxygens (including phenoxy) is 1. The highest BCUT2D eigenvalue weighted by atomic mass is 16.5. The Labute approximate surface area is 107 Å². The Morgan fingerprint density at radius 2 is 1.83 bits per heavy atom. The van der Waals surface area contributed by atoms with Gasteiger partial charge >= 0.3 is 0 Å². The van der Waals surface area contributed by atoms with Crippen LogP contribution in [0.15, 0.2) is 48.5 Å². The van der Waals surface area contributed by atoms with E-state index < -0.39 is 0 Å².